The lowest BCUT2D eigenvalue weighted by molar-refractivity contribution is -0.133. The molecule has 1 atom stereocenters. The van der Waals surface area contributed by atoms with Crippen molar-refractivity contribution >= 4 is 11.6 Å². The van der Waals surface area contributed by atoms with Gasteiger partial charge in [0.1, 0.15) is 11.6 Å². The summed E-state index contributed by atoms with van der Waals surface area (Å²) >= 11 is 0. The number of hydrogen-bond donors (Lipinski definition) is 0. The lowest BCUT2D eigenvalue weighted by atomic mass is 10.1. The molecule has 0 radical (unpaired) electrons. The average Bonchev–Trinajstić information content (AvgIpc) is 3.50. The Bertz CT molecular complexity index is 1110. The molecule has 0 aliphatic carbocycles. The van der Waals surface area contributed by atoms with Crippen molar-refractivity contribution < 1.29 is 22.7 Å². The Morgan fingerprint density at radius 1 is 1.15 bits per heavy atom. The fourth-order valence-electron chi connectivity index (χ4n) is 4.02. The van der Waals surface area contributed by atoms with Gasteiger partial charge in [-0.2, -0.15) is 0 Å². The topological polar surface area (TPSA) is 58.8 Å². The largest absolute Gasteiger partial charge is 0.441 e. The summed E-state index contributed by atoms with van der Waals surface area (Å²) in [5.41, 5.74) is 2.27. The van der Waals surface area contributed by atoms with Gasteiger partial charge < -0.3 is 19.0 Å². The van der Waals surface area contributed by atoms with Gasteiger partial charge in [0, 0.05) is 58.4 Å². The molecule has 1 aliphatic heterocycles. The van der Waals surface area contributed by atoms with Gasteiger partial charge in [-0.3, -0.25) is 4.79 Å². The van der Waals surface area contributed by atoms with Crippen LogP contribution in [0.2, 0.25) is 0 Å². The first-order valence-corrected chi connectivity index (χ1v) is 11.4. The molecular formula is C26H29F2N3O3. The third-order valence-electron chi connectivity index (χ3n) is 5.93. The number of ether oxygens (including phenoxy) is 1. The molecule has 1 aliphatic rings. The van der Waals surface area contributed by atoms with Crippen molar-refractivity contribution in [1.29, 1.82) is 0 Å². The molecule has 4 rings (SSSR count). The van der Waals surface area contributed by atoms with Crippen molar-refractivity contribution in [1.82, 2.24) is 9.88 Å². The Balaban J connectivity index is 1.41. The molecule has 0 saturated carbocycles. The van der Waals surface area contributed by atoms with E-state index in [2.05, 4.69) is 4.98 Å². The first kappa shape index (κ1) is 23.9. The molecule has 1 unspecified atom stereocenters. The van der Waals surface area contributed by atoms with E-state index in [1.165, 1.54) is 12.3 Å². The highest BCUT2D eigenvalue weighted by atomic mass is 19.1. The highest BCUT2D eigenvalue weighted by Crippen LogP contribution is 2.25. The zero-order valence-corrected chi connectivity index (χ0v) is 19.5. The van der Waals surface area contributed by atoms with Crippen molar-refractivity contribution in [3.63, 3.8) is 0 Å². The number of amides is 1. The van der Waals surface area contributed by atoms with Crippen LogP contribution in [0, 0.1) is 11.6 Å². The molecule has 0 bridgehead atoms. The van der Waals surface area contributed by atoms with E-state index < -0.39 is 11.6 Å². The summed E-state index contributed by atoms with van der Waals surface area (Å²) in [6.45, 7) is 1.75. The molecule has 3 aromatic rings. The smallest absolute Gasteiger partial charge is 0.223 e. The molecule has 2 aromatic carbocycles. The lowest BCUT2D eigenvalue weighted by Gasteiger charge is -2.26. The van der Waals surface area contributed by atoms with E-state index in [1.807, 2.05) is 48.2 Å². The predicted molar refractivity (Wildman–Crippen MR) is 125 cm³/mol. The molecule has 180 valence electrons. The monoisotopic (exact) mass is 469 g/mol. The minimum absolute atomic E-state index is 0.0279. The summed E-state index contributed by atoms with van der Waals surface area (Å²) in [7, 11) is 3.97. The number of anilines is 1. The summed E-state index contributed by atoms with van der Waals surface area (Å²) in [6, 6.07) is 11.4. The van der Waals surface area contributed by atoms with E-state index >= 15 is 0 Å². The third-order valence-corrected chi connectivity index (χ3v) is 5.93. The molecule has 2 heterocycles. The predicted octanol–water partition coefficient (Wildman–Crippen LogP) is 4.83. The molecule has 1 aromatic heterocycles. The number of aromatic nitrogens is 1. The second-order valence-corrected chi connectivity index (χ2v) is 8.71. The maximum absolute atomic E-state index is 14.0. The molecule has 1 fully saturated rings. The number of halogens is 2. The molecule has 1 saturated heterocycles. The van der Waals surface area contributed by atoms with Crippen molar-refractivity contribution in [2.75, 3.05) is 32.1 Å². The van der Waals surface area contributed by atoms with E-state index in [4.69, 9.17) is 9.15 Å². The van der Waals surface area contributed by atoms with E-state index in [1.54, 1.807) is 0 Å². The van der Waals surface area contributed by atoms with Gasteiger partial charge in [0.25, 0.3) is 0 Å². The van der Waals surface area contributed by atoms with Crippen LogP contribution in [0.15, 0.2) is 53.1 Å². The second-order valence-electron chi connectivity index (χ2n) is 8.71. The maximum Gasteiger partial charge on any atom is 0.223 e. The highest BCUT2D eigenvalue weighted by Gasteiger charge is 2.23. The summed E-state index contributed by atoms with van der Waals surface area (Å²) in [5, 5.41) is 0. The zero-order chi connectivity index (χ0) is 24.1. The summed E-state index contributed by atoms with van der Waals surface area (Å²) in [4.78, 5) is 21.2. The van der Waals surface area contributed by atoms with E-state index in [-0.39, 0.29) is 36.2 Å². The quantitative estimate of drug-likeness (QED) is 0.450. The second kappa shape index (κ2) is 10.8. The number of benzene rings is 2. The SMILES string of the molecule is CN(C)c1ccc(CN(CC2CCCO2)C(=O)CCc2ncc(-c3ccc(F)cc3F)o2)cc1. The Morgan fingerprint density at radius 3 is 2.62 bits per heavy atom. The fourth-order valence-corrected chi connectivity index (χ4v) is 4.02. The number of rotatable bonds is 9. The normalized spacial score (nSPS) is 15.5. The number of aryl methyl sites for hydroxylation is 1. The Hall–Kier alpha value is -3.26. The number of nitrogens with zero attached hydrogens (tertiary/aromatic N) is 3. The first-order chi connectivity index (χ1) is 16.4. The average molecular weight is 470 g/mol. The van der Waals surface area contributed by atoms with Crippen LogP contribution in [0.4, 0.5) is 14.5 Å². The summed E-state index contributed by atoms with van der Waals surface area (Å²) in [6.07, 6.45) is 3.86. The van der Waals surface area contributed by atoms with Gasteiger partial charge in [-0.1, -0.05) is 12.1 Å². The van der Waals surface area contributed by atoms with Gasteiger partial charge in [0.05, 0.1) is 17.9 Å². The molecule has 1 amide bonds. The third kappa shape index (κ3) is 5.99. The van der Waals surface area contributed by atoms with Crippen LogP contribution in [0.25, 0.3) is 11.3 Å². The van der Waals surface area contributed by atoms with Crippen LogP contribution >= 0.6 is 0 Å². The lowest BCUT2D eigenvalue weighted by Crippen LogP contribution is -2.37. The number of hydrogen-bond acceptors (Lipinski definition) is 5. The van der Waals surface area contributed by atoms with Crippen LogP contribution < -0.4 is 4.90 Å². The van der Waals surface area contributed by atoms with Crippen molar-refractivity contribution in [2.45, 2.75) is 38.3 Å². The highest BCUT2D eigenvalue weighted by molar-refractivity contribution is 5.76. The number of oxazole rings is 1. The van der Waals surface area contributed by atoms with Crippen LogP contribution in [0.5, 0.6) is 0 Å². The van der Waals surface area contributed by atoms with Gasteiger partial charge in [-0.05, 0) is 42.7 Å². The maximum atomic E-state index is 14.0. The molecule has 8 heteroatoms. The number of carbonyl (C=O) groups excluding carboxylic acids is 1. The van der Waals surface area contributed by atoms with Gasteiger partial charge >= 0.3 is 0 Å². The van der Waals surface area contributed by atoms with Crippen LogP contribution in [-0.2, 0) is 22.5 Å². The van der Waals surface area contributed by atoms with E-state index in [0.717, 1.165) is 42.8 Å². The molecule has 0 N–H and O–H groups in total. The van der Waals surface area contributed by atoms with Crippen LogP contribution in [0.1, 0.15) is 30.7 Å². The zero-order valence-electron chi connectivity index (χ0n) is 19.5. The van der Waals surface area contributed by atoms with E-state index in [0.29, 0.717) is 19.0 Å². The van der Waals surface area contributed by atoms with Crippen molar-refractivity contribution in [3.8, 4) is 11.3 Å². The molecule has 0 spiro atoms. The molecular weight excluding hydrogens is 440 g/mol. The minimum atomic E-state index is -0.721. The molecule has 34 heavy (non-hydrogen) atoms. The standard InChI is InChI=1S/C26H29F2N3O3/c1-30(2)20-8-5-18(6-9-20)16-31(17-21-4-3-13-33-21)26(32)12-11-25-29-15-24(34-25)22-10-7-19(27)14-23(22)28/h5-10,14-15,21H,3-4,11-13,16-17H2,1-2H3. The van der Waals surface area contributed by atoms with Gasteiger partial charge in [-0.25, -0.2) is 13.8 Å². The Kier molecular flexibility index (Phi) is 7.57. The van der Waals surface area contributed by atoms with Crippen molar-refractivity contribution in [2.24, 2.45) is 0 Å². The summed E-state index contributed by atoms with van der Waals surface area (Å²) in [5.74, 6) is -0.868. The van der Waals surface area contributed by atoms with Crippen LogP contribution in [0.3, 0.4) is 0 Å². The van der Waals surface area contributed by atoms with Gasteiger partial charge in [0.2, 0.25) is 5.91 Å². The fraction of sp³-hybridized carbons (Fsp3) is 0.385. The van der Waals surface area contributed by atoms with Crippen molar-refractivity contribution in [3.05, 3.63) is 71.8 Å². The first-order valence-electron chi connectivity index (χ1n) is 11.4. The van der Waals surface area contributed by atoms with Gasteiger partial charge in [-0.15, -0.1) is 0 Å². The molecule has 6 nitrogen and oxygen atoms in total. The van der Waals surface area contributed by atoms with E-state index in [9.17, 15) is 13.6 Å². The minimum Gasteiger partial charge on any atom is -0.441 e. The van der Waals surface area contributed by atoms with Crippen LogP contribution in [-0.4, -0.2) is 49.1 Å². The summed E-state index contributed by atoms with van der Waals surface area (Å²) < 4.78 is 38.6. The number of carbonyl (C=O) groups is 1. The Labute approximate surface area is 198 Å². The van der Waals surface area contributed by atoms with Gasteiger partial charge in [0.15, 0.2) is 11.7 Å². The Morgan fingerprint density at radius 2 is 1.94 bits per heavy atom.